The molecule has 0 heterocycles. The van der Waals surface area contributed by atoms with Crippen LogP contribution in [0, 0.1) is 26.7 Å². The van der Waals surface area contributed by atoms with Gasteiger partial charge in [0.05, 0.1) is 5.69 Å². The number of benzene rings is 6. The molecule has 6 rings (SSSR count). The highest BCUT2D eigenvalue weighted by Crippen LogP contribution is 2.46. The molecule has 6 aromatic rings. The van der Waals surface area contributed by atoms with Crippen LogP contribution in [0.3, 0.4) is 0 Å². The van der Waals surface area contributed by atoms with Crippen molar-refractivity contribution in [1.82, 2.24) is 0 Å². The van der Waals surface area contributed by atoms with E-state index in [1.165, 1.54) is 55.9 Å². The summed E-state index contributed by atoms with van der Waals surface area (Å²) in [7, 11) is 0. The number of anilines is 6. The zero-order valence-corrected chi connectivity index (χ0v) is 33.9. The van der Waals surface area contributed by atoms with E-state index in [9.17, 15) is 0 Å². The van der Waals surface area contributed by atoms with E-state index in [0.29, 0.717) is 5.92 Å². The SMILES string of the molecule is Cc1ccc(N(c2ccc(C)cc2)c2ccc(-c3ccc(N(c4ccc(C)cc4)c4c(CC(C)C)cc(C(C)(C)C)cc4C(C)(C)C)cc3)cc2)cc1. The Morgan fingerprint density at radius 1 is 0.434 bits per heavy atom. The number of nitrogens with zero attached hydrogens (tertiary/aromatic N) is 2. The smallest absolute Gasteiger partial charge is 0.0531 e. The predicted octanol–water partition coefficient (Wildman–Crippen LogP) is 15.0. The van der Waals surface area contributed by atoms with E-state index in [1.807, 2.05) is 0 Å². The van der Waals surface area contributed by atoms with Gasteiger partial charge in [-0.25, -0.2) is 0 Å². The maximum atomic E-state index is 2.51. The number of hydrogen-bond acceptors (Lipinski definition) is 2. The van der Waals surface area contributed by atoms with Crippen molar-refractivity contribution >= 4 is 34.1 Å². The highest BCUT2D eigenvalue weighted by atomic mass is 15.2. The van der Waals surface area contributed by atoms with Crippen LogP contribution in [0.1, 0.15) is 88.8 Å². The summed E-state index contributed by atoms with van der Waals surface area (Å²) in [6.07, 6.45) is 1.01. The van der Waals surface area contributed by atoms with Crippen molar-refractivity contribution < 1.29 is 0 Å². The molecular weight excluding hydrogens is 641 g/mol. The lowest BCUT2D eigenvalue weighted by molar-refractivity contribution is 0.563. The molecule has 0 N–H and O–H groups in total. The van der Waals surface area contributed by atoms with Gasteiger partial charge in [0.15, 0.2) is 0 Å². The second kappa shape index (κ2) is 15.1. The van der Waals surface area contributed by atoms with Crippen molar-refractivity contribution in [2.75, 3.05) is 9.80 Å². The molecular formula is C51H58N2. The molecule has 0 aliphatic carbocycles. The minimum Gasteiger partial charge on any atom is -0.311 e. The van der Waals surface area contributed by atoms with Gasteiger partial charge in [-0.2, -0.15) is 0 Å². The zero-order chi connectivity index (χ0) is 38.1. The fourth-order valence-corrected chi connectivity index (χ4v) is 7.10. The van der Waals surface area contributed by atoms with E-state index in [2.05, 4.69) is 219 Å². The summed E-state index contributed by atoms with van der Waals surface area (Å²) in [5.41, 5.74) is 17.4. The molecule has 53 heavy (non-hydrogen) atoms. The van der Waals surface area contributed by atoms with Gasteiger partial charge in [0, 0.05) is 28.4 Å². The lowest BCUT2D eigenvalue weighted by Crippen LogP contribution is -2.24. The molecule has 0 aliphatic rings. The standard InChI is InChI=1S/C51H58N2/c1-35(2)32-41-33-42(50(6,7)8)34-48(51(9,10)11)49(41)53(46-26-16-38(5)17-27-46)47-30-20-40(21-31-47)39-18-28-45(29-19-39)52(43-22-12-36(3)13-23-43)44-24-14-37(4)15-25-44/h12-31,33-35H,32H2,1-11H3. The van der Waals surface area contributed by atoms with E-state index in [0.717, 1.165) is 29.2 Å². The third-order valence-corrected chi connectivity index (χ3v) is 10.2. The van der Waals surface area contributed by atoms with Crippen LogP contribution in [-0.4, -0.2) is 0 Å². The van der Waals surface area contributed by atoms with Gasteiger partial charge in [-0.05, 0) is 132 Å². The third-order valence-electron chi connectivity index (χ3n) is 10.2. The molecule has 0 fully saturated rings. The van der Waals surface area contributed by atoms with E-state index in [-0.39, 0.29) is 10.8 Å². The van der Waals surface area contributed by atoms with Gasteiger partial charge in [-0.3, -0.25) is 0 Å². The van der Waals surface area contributed by atoms with Crippen molar-refractivity contribution in [1.29, 1.82) is 0 Å². The molecule has 0 aromatic heterocycles. The first-order valence-electron chi connectivity index (χ1n) is 19.3. The lowest BCUT2D eigenvalue weighted by atomic mass is 9.77. The van der Waals surface area contributed by atoms with Gasteiger partial charge in [0.1, 0.15) is 0 Å². The van der Waals surface area contributed by atoms with Crippen LogP contribution in [0.15, 0.2) is 133 Å². The van der Waals surface area contributed by atoms with E-state index < -0.39 is 0 Å². The van der Waals surface area contributed by atoms with Gasteiger partial charge in [0.2, 0.25) is 0 Å². The van der Waals surface area contributed by atoms with Crippen LogP contribution in [0.5, 0.6) is 0 Å². The predicted molar refractivity (Wildman–Crippen MR) is 231 cm³/mol. The van der Waals surface area contributed by atoms with Gasteiger partial charge in [-0.1, -0.05) is 145 Å². The highest BCUT2D eigenvalue weighted by Gasteiger charge is 2.29. The van der Waals surface area contributed by atoms with Crippen LogP contribution >= 0.6 is 0 Å². The van der Waals surface area contributed by atoms with Crippen molar-refractivity contribution in [2.24, 2.45) is 5.92 Å². The molecule has 0 saturated carbocycles. The van der Waals surface area contributed by atoms with Crippen molar-refractivity contribution in [3.8, 4) is 11.1 Å². The molecule has 272 valence electrons. The Kier molecular flexibility index (Phi) is 10.7. The normalized spacial score (nSPS) is 11.9. The van der Waals surface area contributed by atoms with Crippen LogP contribution in [0.2, 0.25) is 0 Å². The largest absolute Gasteiger partial charge is 0.311 e. The zero-order valence-electron chi connectivity index (χ0n) is 33.9. The summed E-state index contributed by atoms with van der Waals surface area (Å²) < 4.78 is 0. The van der Waals surface area contributed by atoms with E-state index in [1.54, 1.807) is 0 Å². The van der Waals surface area contributed by atoms with Crippen LogP contribution in [0.25, 0.3) is 11.1 Å². The summed E-state index contributed by atoms with van der Waals surface area (Å²) in [6.45, 7) is 25.2. The van der Waals surface area contributed by atoms with Gasteiger partial charge < -0.3 is 9.80 Å². The van der Waals surface area contributed by atoms with Gasteiger partial charge >= 0.3 is 0 Å². The number of aryl methyl sites for hydroxylation is 3. The highest BCUT2D eigenvalue weighted by molar-refractivity contribution is 5.84. The molecule has 6 aromatic carbocycles. The Bertz CT molecular complexity index is 2080. The first-order chi connectivity index (χ1) is 25.1. The first kappa shape index (κ1) is 37.7. The van der Waals surface area contributed by atoms with Crippen LogP contribution in [-0.2, 0) is 17.3 Å². The Morgan fingerprint density at radius 3 is 1.09 bits per heavy atom. The first-order valence-corrected chi connectivity index (χ1v) is 19.3. The van der Waals surface area contributed by atoms with E-state index in [4.69, 9.17) is 0 Å². The molecule has 0 unspecified atom stereocenters. The maximum Gasteiger partial charge on any atom is 0.0531 e. The van der Waals surface area contributed by atoms with Crippen LogP contribution in [0.4, 0.5) is 34.1 Å². The van der Waals surface area contributed by atoms with Crippen molar-refractivity contribution in [2.45, 2.75) is 93.4 Å². The summed E-state index contributed by atoms with van der Waals surface area (Å²) in [5.74, 6) is 0.523. The molecule has 0 aliphatic heterocycles. The molecule has 2 heteroatoms. The second-order valence-corrected chi connectivity index (χ2v) is 17.4. The fourth-order valence-electron chi connectivity index (χ4n) is 7.10. The molecule has 0 spiro atoms. The summed E-state index contributed by atoms with van der Waals surface area (Å²) in [5, 5.41) is 0. The van der Waals surface area contributed by atoms with Crippen molar-refractivity contribution in [3.63, 3.8) is 0 Å². The van der Waals surface area contributed by atoms with Gasteiger partial charge in [0.25, 0.3) is 0 Å². The van der Waals surface area contributed by atoms with Crippen molar-refractivity contribution in [3.05, 3.63) is 167 Å². The Balaban J connectivity index is 1.43. The lowest BCUT2D eigenvalue weighted by Gasteiger charge is -2.36. The number of hydrogen-bond donors (Lipinski definition) is 0. The Labute approximate surface area is 320 Å². The Morgan fingerprint density at radius 2 is 0.774 bits per heavy atom. The maximum absolute atomic E-state index is 2.51. The monoisotopic (exact) mass is 698 g/mol. The quantitative estimate of drug-likeness (QED) is 0.148. The summed E-state index contributed by atoms with van der Waals surface area (Å²) in [6, 6.07) is 49.7. The topological polar surface area (TPSA) is 6.48 Å². The summed E-state index contributed by atoms with van der Waals surface area (Å²) in [4.78, 5) is 4.84. The molecule has 0 saturated heterocycles. The summed E-state index contributed by atoms with van der Waals surface area (Å²) >= 11 is 0. The van der Waals surface area contributed by atoms with E-state index >= 15 is 0 Å². The number of rotatable bonds is 9. The third kappa shape index (κ3) is 8.60. The van der Waals surface area contributed by atoms with Gasteiger partial charge in [-0.15, -0.1) is 0 Å². The average molecular weight is 699 g/mol. The average Bonchev–Trinajstić information content (AvgIpc) is 3.11. The molecule has 0 amide bonds. The molecule has 2 nitrogen and oxygen atoms in total. The molecule has 0 bridgehead atoms. The minimum atomic E-state index is -0.0575. The minimum absolute atomic E-state index is 0.0491. The second-order valence-electron chi connectivity index (χ2n) is 17.4. The molecule has 0 radical (unpaired) electrons. The fraction of sp³-hybridized carbons (Fsp3) is 0.294. The Hall–Kier alpha value is -5.08. The molecule has 0 atom stereocenters. The van der Waals surface area contributed by atoms with Crippen LogP contribution < -0.4 is 9.80 Å².